The van der Waals surface area contributed by atoms with Crippen LogP contribution in [0.4, 0.5) is 0 Å². The van der Waals surface area contributed by atoms with Crippen molar-refractivity contribution in [2.45, 2.75) is 6.61 Å². The van der Waals surface area contributed by atoms with Crippen LogP contribution in [0.2, 0.25) is 0 Å². The molecule has 4 nitrogen and oxygen atoms in total. The minimum absolute atomic E-state index is 0.257. The van der Waals surface area contributed by atoms with E-state index in [1.807, 2.05) is 30.3 Å². The number of carboxylic acids is 1. The van der Waals surface area contributed by atoms with E-state index in [-0.39, 0.29) is 5.56 Å². The molecule has 3 aromatic rings. The lowest BCUT2D eigenvalue weighted by molar-refractivity contribution is 0.0696. The van der Waals surface area contributed by atoms with Crippen LogP contribution in [-0.4, -0.2) is 11.1 Å². The molecule has 0 saturated carbocycles. The van der Waals surface area contributed by atoms with E-state index in [9.17, 15) is 4.79 Å². The number of ether oxygens (including phenoxy) is 1. The Morgan fingerprint density at radius 2 is 2.05 bits per heavy atom. The summed E-state index contributed by atoms with van der Waals surface area (Å²) in [4.78, 5) is 10.9. The summed E-state index contributed by atoms with van der Waals surface area (Å²) in [5, 5.41) is 9.95. The standard InChI is InChI=1S/C16H12O4/c17-16(18)13-3-1-2-11(8-13)10-20-14-5-4-12-6-7-19-15(12)9-14/h1-9H,10H2,(H,17,18). The van der Waals surface area contributed by atoms with Crippen molar-refractivity contribution in [1.82, 2.24) is 0 Å². The molecule has 0 fully saturated rings. The van der Waals surface area contributed by atoms with Gasteiger partial charge in [-0.25, -0.2) is 4.79 Å². The van der Waals surface area contributed by atoms with Crippen molar-refractivity contribution in [3.8, 4) is 5.75 Å². The minimum Gasteiger partial charge on any atom is -0.489 e. The molecular weight excluding hydrogens is 256 g/mol. The normalized spacial score (nSPS) is 10.6. The summed E-state index contributed by atoms with van der Waals surface area (Å²) in [6.45, 7) is 0.313. The van der Waals surface area contributed by atoms with E-state index in [0.717, 1.165) is 16.5 Å². The maximum atomic E-state index is 10.9. The highest BCUT2D eigenvalue weighted by Crippen LogP contribution is 2.22. The Balaban J connectivity index is 1.75. The van der Waals surface area contributed by atoms with Gasteiger partial charge >= 0.3 is 5.97 Å². The van der Waals surface area contributed by atoms with Crippen molar-refractivity contribution in [2.75, 3.05) is 0 Å². The van der Waals surface area contributed by atoms with Gasteiger partial charge in [0.25, 0.3) is 0 Å². The summed E-state index contributed by atoms with van der Waals surface area (Å²) >= 11 is 0. The third-order valence-electron chi connectivity index (χ3n) is 3.01. The third kappa shape index (κ3) is 2.49. The molecule has 100 valence electrons. The first-order valence-corrected chi connectivity index (χ1v) is 6.15. The second kappa shape index (κ2) is 5.09. The summed E-state index contributed by atoms with van der Waals surface area (Å²) < 4.78 is 11.0. The average Bonchev–Trinajstić information content (AvgIpc) is 2.93. The van der Waals surface area contributed by atoms with Gasteiger partial charge < -0.3 is 14.3 Å². The van der Waals surface area contributed by atoms with Gasteiger partial charge in [0.1, 0.15) is 17.9 Å². The lowest BCUT2D eigenvalue weighted by Crippen LogP contribution is -2.00. The monoisotopic (exact) mass is 268 g/mol. The number of furan rings is 1. The van der Waals surface area contributed by atoms with Gasteiger partial charge in [-0.3, -0.25) is 0 Å². The Bertz CT molecular complexity index is 758. The number of fused-ring (bicyclic) bond motifs is 1. The maximum absolute atomic E-state index is 10.9. The van der Waals surface area contributed by atoms with Gasteiger partial charge in [0.15, 0.2) is 0 Å². The molecule has 0 aliphatic carbocycles. The van der Waals surface area contributed by atoms with Gasteiger partial charge in [0.2, 0.25) is 0 Å². The zero-order chi connectivity index (χ0) is 13.9. The van der Waals surface area contributed by atoms with Crippen LogP contribution in [0, 0.1) is 0 Å². The summed E-state index contributed by atoms with van der Waals surface area (Å²) in [5.74, 6) is -0.253. The van der Waals surface area contributed by atoms with E-state index in [2.05, 4.69) is 0 Å². The van der Waals surface area contributed by atoms with E-state index in [4.69, 9.17) is 14.3 Å². The molecule has 0 aliphatic heterocycles. The second-order valence-electron chi connectivity index (χ2n) is 4.41. The second-order valence-corrected chi connectivity index (χ2v) is 4.41. The molecule has 0 bridgehead atoms. The molecule has 20 heavy (non-hydrogen) atoms. The molecule has 2 aromatic carbocycles. The lowest BCUT2D eigenvalue weighted by Gasteiger charge is -2.06. The third-order valence-corrected chi connectivity index (χ3v) is 3.01. The highest BCUT2D eigenvalue weighted by Gasteiger charge is 2.04. The molecule has 0 unspecified atom stereocenters. The topological polar surface area (TPSA) is 59.7 Å². The van der Waals surface area contributed by atoms with Crippen LogP contribution in [0.5, 0.6) is 5.75 Å². The van der Waals surface area contributed by atoms with Crippen molar-refractivity contribution in [1.29, 1.82) is 0 Å². The Kier molecular flexibility index (Phi) is 3.13. The Morgan fingerprint density at radius 3 is 2.90 bits per heavy atom. The highest BCUT2D eigenvalue weighted by molar-refractivity contribution is 5.87. The summed E-state index contributed by atoms with van der Waals surface area (Å²) in [6, 6.07) is 14.2. The van der Waals surface area contributed by atoms with E-state index in [1.165, 1.54) is 0 Å². The van der Waals surface area contributed by atoms with Gasteiger partial charge in [-0.2, -0.15) is 0 Å². The highest BCUT2D eigenvalue weighted by atomic mass is 16.5. The Morgan fingerprint density at radius 1 is 1.15 bits per heavy atom. The van der Waals surface area contributed by atoms with Crippen molar-refractivity contribution < 1.29 is 19.1 Å². The van der Waals surface area contributed by atoms with E-state index >= 15 is 0 Å². The molecule has 0 saturated heterocycles. The Hall–Kier alpha value is -2.75. The average molecular weight is 268 g/mol. The van der Waals surface area contributed by atoms with E-state index < -0.39 is 5.97 Å². The molecule has 4 heteroatoms. The lowest BCUT2D eigenvalue weighted by atomic mass is 10.1. The van der Waals surface area contributed by atoms with Gasteiger partial charge in [-0.15, -0.1) is 0 Å². The largest absolute Gasteiger partial charge is 0.489 e. The summed E-state index contributed by atoms with van der Waals surface area (Å²) in [5.41, 5.74) is 1.83. The molecule has 1 aromatic heterocycles. The maximum Gasteiger partial charge on any atom is 0.335 e. The van der Waals surface area contributed by atoms with Crippen LogP contribution in [0.1, 0.15) is 15.9 Å². The van der Waals surface area contributed by atoms with Crippen LogP contribution in [0.15, 0.2) is 59.2 Å². The molecule has 0 radical (unpaired) electrons. The number of aromatic carboxylic acids is 1. The molecule has 0 aliphatic rings. The first-order chi connectivity index (χ1) is 9.72. The zero-order valence-corrected chi connectivity index (χ0v) is 10.6. The fraction of sp³-hybridized carbons (Fsp3) is 0.0625. The number of hydrogen-bond acceptors (Lipinski definition) is 3. The molecule has 1 heterocycles. The number of hydrogen-bond donors (Lipinski definition) is 1. The van der Waals surface area contributed by atoms with Crippen molar-refractivity contribution >= 4 is 16.9 Å². The van der Waals surface area contributed by atoms with Gasteiger partial charge in [0, 0.05) is 11.5 Å². The molecule has 1 N–H and O–H groups in total. The SMILES string of the molecule is O=C(O)c1cccc(COc2ccc3ccoc3c2)c1. The first-order valence-electron chi connectivity index (χ1n) is 6.15. The number of benzene rings is 2. The van der Waals surface area contributed by atoms with Gasteiger partial charge in [-0.05, 0) is 35.9 Å². The van der Waals surface area contributed by atoms with Crippen LogP contribution in [-0.2, 0) is 6.61 Å². The molecular formula is C16H12O4. The molecule has 0 spiro atoms. The fourth-order valence-corrected chi connectivity index (χ4v) is 1.99. The minimum atomic E-state index is -0.941. The van der Waals surface area contributed by atoms with E-state index in [0.29, 0.717) is 12.4 Å². The van der Waals surface area contributed by atoms with Crippen LogP contribution in [0.3, 0.4) is 0 Å². The number of carbonyl (C=O) groups is 1. The van der Waals surface area contributed by atoms with Crippen LogP contribution < -0.4 is 4.74 Å². The van der Waals surface area contributed by atoms with Crippen LogP contribution >= 0.6 is 0 Å². The predicted molar refractivity (Wildman–Crippen MR) is 73.9 cm³/mol. The van der Waals surface area contributed by atoms with Gasteiger partial charge in [-0.1, -0.05) is 12.1 Å². The van der Waals surface area contributed by atoms with Crippen LogP contribution in [0.25, 0.3) is 11.0 Å². The fourth-order valence-electron chi connectivity index (χ4n) is 1.99. The van der Waals surface area contributed by atoms with Gasteiger partial charge in [0.05, 0.1) is 11.8 Å². The van der Waals surface area contributed by atoms with Crippen molar-refractivity contribution in [3.63, 3.8) is 0 Å². The summed E-state index contributed by atoms with van der Waals surface area (Å²) in [6.07, 6.45) is 1.63. The molecule has 0 amide bonds. The number of carboxylic acid groups (broad SMARTS) is 1. The summed E-state index contributed by atoms with van der Waals surface area (Å²) in [7, 11) is 0. The smallest absolute Gasteiger partial charge is 0.335 e. The van der Waals surface area contributed by atoms with Crippen molar-refractivity contribution in [2.24, 2.45) is 0 Å². The quantitative estimate of drug-likeness (QED) is 0.783. The predicted octanol–water partition coefficient (Wildman–Crippen LogP) is 3.71. The van der Waals surface area contributed by atoms with Crippen molar-refractivity contribution in [3.05, 3.63) is 65.9 Å². The Labute approximate surface area is 115 Å². The molecule has 0 atom stereocenters. The molecule has 3 rings (SSSR count). The zero-order valence-electron chi connectivity index (χ0n) is 10.6. The van der Waals surface area contributed by atoms with E-state index in [1.54, 1.807) is 24.5 Å². The first kappa shape index (κ1) is 12.3. The number of rotatable bonds is 4.